The van der Waals surface area contributed by atoms with Crippen LogP contribution in [0, 0.1) is 25.2 Å². The smallest absolute Gasteiger partial charge is 0.274 e. The van der Waals surface area contributed by atoms with Gasteiger partial charge in [-0.25, -0.2) is 4.98 Å². The summed E-state index contributed by atoms with van der Waals surface area (Å²) in [7, 11) is 1.64. The van der Waals surface area contributed by atoms with Crippen molar-refractivity contribution in [3.63, 3.8) is 0 Å². The minimum Gasteiger partial charge on any atom is -0.505 e. The van der Waals surface area contributed by atoms with Crippen LogP contribution in [0.3, 0.4) is 0 Å². The first kappa shape index (κ1) is 20.2. The van der Waals surface area contributed by atoms with E-state index in [1.807, 2.05) is 13.8 Å². The summed E-state index contributed by atoms with van der Waals surface area (Å²) in [5.41, 5.74) is 4.01. The topological polar surface area (TPSA) is 107 Å². The van der Waals surface area contributed by atoms with Crippen LogP contribution in [0.5, 0.6) is 5.75 Å². The monoisotopic (exact) mass is 368 g/mol. The molecule has 0 aliphatic rings. The van der Waals surface area contributed by atoms with Crippen LogP contribution in [0.25, 0.3) is 0 Å². The summed E-state index contributed by atoms with van der Waals surface area (Å²) in [6, 6.07) is 7.17. The van der Waals surface area contributed by atoms with Crippen LogP contribution in [0.4, 0.5) is 5.69 Å². The number of aryl methyl sites for hydroxylation is 2. The molecule has 27 heavy (non-hydrogen) atoms. The zero-order chi connectivity index (χ0) is 19.8. The number of nitrogens with one attached hydrogen (secondary N) is 2. The minimum atomic E-state index is -0.457. The highest BCUT2D eigenvalue weighted by atomic mass is 16.5. The Morgan fingerprint density at radius 3 is 2.59 bits per heavy atom. The van der Waals surface area contributed by atoms with Gasteiger partial charge < -0.3 is 20.5 Å². The highest BCUT2D eigenvalue weighted by Gasteiger charge is 2.14. The second-order valence-electron chi connectivity index (χ2n) is 6.25. The van der Waals surface area contributed by atoms with Crippen molar-refractivity contribution in [2.24, 2.45) is 0 Å². The van der Waals surface area contributed by atoms with E-state index in [9.17, 15) is 9.90 Å². The van der Waals surface area contributed by atoms with Gasteiger partial charge in [0.15, 0.2) is 5.69 Å². The number of methoxy groups -OCH3 is 1. The first-order valence-corrected chi connectivity index (χ1v) is 8.66. The average Bonchev–Trinajstić information content (AvgIpc) is 2.64. The highest BCUT2D eigenvalue weighted by molar-refractivity contribution is 5.95. The van der Waals surface area contributed by atoms with E-state index < -0.39 is 5.91 Å². The number of carbonyl (C=O) groups excluding carboxylic acids is 1. The molecule has 142 valence electrons. The van der Waals surface area contributed by atoms with Crippen LogP contribution in [0.2, 0.25) is 0 Å². The summed E-state index contributed by atoms with van der Waals surface area (Å²) >= 11 is 0. The Hall–Kier alpha value is -3.11. The van der Waals surface area contributed by atoms with E-state index in [4.69, 9.17) is 10.00 Å². The molecule has 1 heterocycles. The number of aromatic hydroxyl groups is 1. The maximum atomic E-state index is 12.4. The molecule has 1 aromatic carbocycles. The van der Waals surface area contributed by atoms with Gasteiger partial charge >= 0.3 is 0 Å². The number of anilines is 1. The maximum Gasteiger partial charge on any atom is 0.274 e. The first-order chi connectivity index (χ1) is 13.0. The minimum absolute atomic E-state index is 0.0265. The lowest BCUT2D eigenvalue weighted by Gasteiger charge is -2.12. The Morgan fingerprint density at radius 2 is 2.00 bits per heavy atom. The Balaban J connectivity index is 2.01. The summed E-state index contributed by atoms with van der Waals surface area (Å²) in [4.78, 5) is 16.4. The molecule has 1 aromatic heterocycles. The van der Waals surface area contributed by atoms with Crippen molar-refractivity contribution in [2.75, 3.05) is 25.6 Å². The number of nitriles is 1. The molecule has 7 heteroatoms. The SMILES string of the molecule is COCCCNc1cnc(C(=O)NCc2c(C)cc(C#N)cc2C)c(O)c1. The third-order valence-electron chi connectivity index (χ3n) is 4.19. The summed E-state index contributed by atoms with van der Waals surface area (Å²) in [6.07, 6.45) is 2.34. The number of amides is 1. The van der Waals surface area contributed by atoms with Gasteiger partial charge in [0.05, 0.1) is 23.5 Å². The summed E-state index contributed by atoms with van der Waals surface area (Å²) < 4.78 is 4.97. The molecule has 0 saturated carbocycles. The van der Waals surface area contributed by atoms with Crippen LogP contribution in [0.1, 0.15) is 39.2 Å². The van der Waals surface area contributed by atoms with E-state index in [0.717, 1.165) is 23.1 Å². The highest BCUT2D eigenvalue weighted by Crippen LogP contribution is 2.20. The Kier molecular flexibility index (Phi) is 7.15. The van der Waals surface area contributed by atoms with Crippen molar-refractivity contribution < 1.29 is 14.6 Å². The predicted molar refractivity (Wildman–Crippen MR) is 103 cm³/mol. The van der Waals surface area contributed by atoms with E-state index in [1.165, 1.54) is 12.3 Å². The quantitative estimate of drug-likeness (QED) is 0.618. The van der Waals surface area contributed by atoms with Crippen LogP contribution in [-0.2, 0) is 11.3 Å². The number of aromatic nitrogens is 1. The molecule has 2 rings (SSSR count). The number of benzene rings is 1. The molecular weight excluding hydrogens is 344 g/mol. The van der Waals surface area contributed by atoms with Crippen molar-refractivity contribution in [2.45, 2.75) is 26.8 Å². The number of hydrogen-bond acceptors (Lipinski definition) is 6. The van der Waals surface area contributed by atoms with Gasteiger partial charge in [-0.15, -0.1) is 0 Å². The van der Waals surface area contributed by atoms with Crippen molar-refractivity contribution in [1.29, 1.82) is 5.26 Å². The molecule has 3 N–H and O–H groups in total. The lowest BCUT2D eigenvalue weighted by Crippen LogP contribution is -2.25. The molecule has 0 fully saturated rings. The molecule has 0 aliphatic carbocycles. The Bertz CT molecular complexity index is 836. The number of pyridine rings is 1. The predicted octanol–water partition coefficient (Wildman–Crippen LogP) is 2.65. The van der Waals surface area contributed by atoms with Gasteiger partial charge in [0.2, 0.25) is 0 Å². The molecule has 0 aliphatic heterocycles. The third kappa shape index (κ3) is 5.43. The van der Waals surface area contributed by atoms with Crippen LogP contribution < -0.4 is 10.6 Å². The van der Waals surface area contributed by atoms with Gasteiger partial charge in [0, 0.05) is 32.9 Å². The van der Waals surface area contributed by atoms with Crippen molar-refractivity contribution >= 4 is 11.6 Å². The Morgan fingerprint density at radius 1 is 1.30 bits per heavy atom. The standard InChI is InChI=1S/C20H24N4O3/c1-13-7-15(10-21)8-14(2)17(13)12-24-20(26)19-18(25)9-16(11-23-19)22-5-4-6-27-3/h7-9,11,22,25H,4-6,12H2,1-3H3,(H,24,26). The van der Waals surface area contributed by atoms with Gasteiger partial charge in [-0.05, 0) is 49.1 Å². The van der Waals surface area contributed by atoms with Gasteiger partial charge in [-0.1, -0.05) is 0 Å². The molecular formula is C20H24N4O3. The average molecular weight is 368 g/mol. The van der Waals surface area contributed by atoms with Gasteiger partial charge in [0.25, 0.3) is 5.91 Å². The first-order valence-electron chi connectivity index (χ1n) is 8.66. The summed E-state index contributed by atoms with van der Waals surface area (Å²) in [5, 5.41) is 25.0. The largest absolute Gasteiger partial charge is 0.505 e. The molecule has 0 radical (unpaired) electrons. The van der Waals surface area contributed by atoms with Crippen molar-refractivity contribution in [3.8, 4) is 11.8 Å². The van der Waals surface area contributed by atoms with E-state index in [2.05, 4.69) is 21.7 Å². The molecule has 0 spiro atoms. The van der Waals surface area contributed by atoms with Gasteiger partial charge in [-0.2, -0.15) is 5.26 Å². The number of rotatable bonds is 8. The molecule has 1 amide bonds. The summed E-state index contributed by atoms with van der Waals surface area (Å²) in [5.74, 6) is -0.640. The summed E-state index contributed by atoms with van der Waals surface area (Å²) in [6.45, 7) is 5.41. The second kappa shape index (κ2) is 9.55. The normalized spacial score (nSPS) is 10.3. The van der Waals surface area contributed by atoms with E-state index in [1.54, 1.807) is 19.2 Å². The van der Waals surface area contributed by atoms with Crippen LogP contribution in [-0.4, -0.2) is 36.3 Å². The van der Waals surface area contributed by atoms with E-state index >= 15 is 0 Å². The van der Waals surface area contributed by atoms with Gasteiger partial charge in [-0.3, -0.25) is 4.79 Å². The fourth-order valence-electron chi connectivity index (χ4n) is 2.76. The number of hydrogen-bond donors (Lipinski definition) is 3. The van der Waals surface area contributed by atoms with Crippen LogP contribution >= 0.6 is 0 Å². The molecule has 0 atom stereocenters. The van der Waals surface area contributed by atoms with Crippen LogP contribution in [0.15, 0.2) is 24.4 Å². The molecule has 7 nitrogen and oxygen atoms in total. The van der Waals surface area contributed by atoms with Gasteiger partial charge in [0.1, 0.15) is 5.75 Å². The van der Waals surface area contributed by atoms with Crippen molar-refractivity contribution in [1.82, 2.24) is 10.3 Å². The zero-order valence-corrected chi connectivity index (χ0v) is 15.8. The fraction of sp³-hybridized carbons (Fsp3) is 0.350. The molecule has 0 saturated heterocycles. The maximum absolute atomic E-state index is 12.4. The number of nitrogens with zero attached hydrogens (tertiary/aromatic N) is 2. The Labute approximate surface area is 159 Å². The fourth-order valence-corrected chi connectivity index (χ4v) is 2.76. The number of ether oxygens (including phenoxy) is 1. The van der Waals surface area contributed by atoms with Crippen molar-refractivity contribution in [3.05, 3.63) is 52.3 Å². The third-order valence-corrected chi connectivity index (χ3v) is 4.19. The molecule has 0 unspecified atom stereocenters. The molecule has 0 bridgehead atoms. The van der Waals surface area contributed by atoms with E-state index in [0.29, 0.717) is 30.9 Å². The number of carbonyl (C=O) groups is 1. The lowest BCUT2D eigenvalue weighted by molar-refractivity contribution is 0.0943. The van der Waals surface area contributed by atoms with E-state index in [-0.39, 0.29) is 11.4 Å². The molecule has 2 aromatic rings. The zero-order valence-electron chi connectivity index (χ0n) is 15.8. The second-order valence-corrected chi connectivity index (χ2v) is 6.25. The lowest BCUT2D eigenvalue weighted by atomic mass is 9.99.